The Labute approximate surface area is 282 Å². The monoisotopic (exact) mass is 650 g/mol. The Kier molecular flexibility index (Phi) is 13.7. The number of carbonyl (C=O) groups excluding carboxylic acids is 2. The first-order chi connectivity index (χ1) is 23.4. The number of benzene rings is 4. The quantitative estimate of drug-likeness (QED) is 0.0567. The van der Waals surface area contributed by atoms with Crippen molar-refractivity contribution in [3.63, 3.8) is 0 Å². The van der Waals surface area contributed by atoms with Gasteiger partial charge in [0.25, 0.3) is 0 Å². The summed E-state index contributed by atoms with van der Waals surface area (Å²) in [6, 6.07) is 25.5. The molecule has 0 atom stereocenters. The molecular formula is C40H42O8. The van der Waals surface area contributed by atoms with Crippen LogP contribution in [-0.4, -0.2) is 53.2 Å². The fraction of sp³-hybridized carbons (Fsp3) is 0.250. The lowest BCUT2D eigenvalue weighted by atomic mass is 10.1. The number of allylic oxidation sites excluding steroid dienone is 2. The summed E-state index contributed by atoms with van der Waals surface area (Å²) in [7, 11) is 6.20. The van der Waals surface area contributed by atoms with Gasteiger partial charge in [-0.2, -0.15) is 0 Å². The van der Waals surface area contributed by atoms with Gasteiger partial charge in [-0.1, -0.05) is 36.4 Å². The molecule has 0 N–H and O–H groups in total. The number of rotatable bonds is 19. The zero-order valence-corrected chi connectivity index (χ0v) is 27.9. The van der Waals surface area contributed by atoms with Crippen molar-refractivity contribution in [3.8, 4) is 34.5 Å². The molecular weight excluding hydrogens is 608 g/mol. The molecule has 48 heavy (non-hydrogen) atoms. The molecule has 250 valence electrons. The fourth-order valence-corrected chi connectivity index (χ4v) is 4.87. The average Bonchev–Trinajstić information content (AvgIpc) is 3.13. The first kappa shape index (κ1) is 35.4. The number of ketones is 2. The topological polar surface area (TPSA) is 89.5 Å². The van der Waals surface area contributed by atoms with Crippen LogP contribution in [0.5, 0.6) is 34.5 Å². The van der Waals surface area contributed by atoms with E-state index in [0.29, 0.717) is 47.3 Å². The summed E-state index contributed by atoms with van der Waals surface area (Å²) < 4.78 is 33.0. The highest BCUT2D eigenvalue weighted by Crippen LogP contribution is 2.29. The third-order valence-corrected chi connectivity index (χ3v) is 7.48. The molecule has 4 aromatic carbocycles. The van der Waals surface area contributed by atoms with Gasteiger partial charge in [-0.15, -0.1) is 0 Å². The molecule has 0 aliphatic rings. The largest absolute Gasteiger partial charge is 0.494 e. The van der Waals surface area contributed by atoms with Crippen molar-refractivity contribution in [3.05, 3.63) is 119 Å². The van der Waals surface area contributed by atoms with Gasteiger partial charge >= 0.3 is 0 Å². The van der Waals surface area contributed by atoms with Crippen LogP contribution in [0.1, 0.15) is 57.5 Å². The van der Waals surface area contributed by atoms with E-state index in [-0.39, 0.29) is 11.6 Å². The molecule has 0 radical (unpaired) electrons. The maximum Gasteiger partial charge on any atom is 0.185 e. The third-order valence-electron chi connectivity index (χ3n) is 7.48. The van der Waals surface area contributed by atoms with Gasteiger partial charge in [0.15, 0.2) is 34.6 Å². The lowest BCUT2D eigenvalue weighted by Crippen LogP contribution is -2.00. The Hall–Kier alpha value is -5.50. The Morgan fingerprint density at radius 2 is 0.917 bits per heavy atom. The van der Waals surface area contributed by atoms with Gasteiger partial charge in [0.1, 0.15) is 11.5 Å². The predicted octanol–water partition coefficient (Wildman–Crippen LogP) is 8.53. The highest BCUT2D eigenvalue weighted by molar-refractivity contribution is 6.07. The smallest absolute Gasteiger partial charge is 0.185 e. The maximum absolute atomic E-state index is 12.7. The van der Waals surface area contributed by atoms with Gasteiger partial charge in [0.05, 0.1) is 41.7 Å². The molecule has 8 heteroatoms. The number of methoxy groups -OCH3 is 4. The minimum atomic E-state index is -0.130. The normalized spacial score (nSPS) is 11.0. The van der Waals surface area contributed by atoms with Crippen LogP contribution in [0.25, 0.3) is 12.2 Å². The summed E-state index contributed by atoms with van der Waals surface area (Å²) in [6.45, 7) is 1.21. The highest BCUT2D eigenvalue weighted by atomic mass is 16.5. The van der Waals surface area contributed by atoms with Crippen LogP contribution in [0.15, 0.2) is 97.1 Å². The number of hydrogen-bond donors (Lipinski definition) is 0. The van der Waals surface area contributed by atoms with Crippen LogP contribution in [0, 0.1) is 0 Å². The minimum absolute atomic E-state index is 0.130. The molecule has 0 aliphatic heterocycles. The fourth-order valence-electron chi connectivity index (χ4n) is 4.87. The van der Waals surface area contributed by atoms with Crippen LogP contribution in [0.4, 0.5) is 0 Å². The summed E-state index contributed by atoms with van der Waals surface area (Å²) in [5.74, 6) is 3.44. The first-order valence-electron chi connectivity index (χ1n) is 15.8. The van der Waals surface area contributed by atoms with Crippen LogP contribution >= 0.6 is 0 Å². The molecule has 4 aromatic rings. The summed E-state index contributed by atoms with van der Waals surface area (Å²) in [5.41, 5.74) is 2.79. The standard InChI is InChI=1S/C40H42O8/c1-43-37-21-17-31(27-39(37)45-3)35(41)19-15-29-11-9-13-33(25-29)47-23-7-5-6-8-24-48-34-14-10-12-30(26-34)16-20-36(42)32-18-22-38(44-2)40(28-32)46-4/h9-22,25-28H,5-8,23-24H2,1-4H3/b19-15+,20-16+. The van der Waals surface area contributed by atoms with E-state index >= 15 is 0 Å². The second-order valence-corrected chi connectivity index (χ2v) is 10.8. The van der Waals surface area contributed by atoms with E-state index in [1.807, 2.05) is 48.5 Å². The number of ether oxygens (including phenoxy) is 6. The summed E-state index contributed by atoms with van der Waals surface area (Å²) in [6.07, 6.45) is 10.5. The highest BCUT2D eigenvalue weighted by Gasteiger charge is 2.10. The summed E-state index contributed by atoms with van der Waals surface area (Å²) in [4.78, 5) is 25.3. The molecule has 0 spiro atoms. The van der Waals surface area contributed by atoms with E-state index in [4.69, 9.17) is 28.4 Å². The zero-order valence-electron chi connectivity index (χ0n) is 27.9. The Bertz CT molecular complexity index is 1600. The van der Waals surface area contributed by atoms with Crippen LogP contribution in [0.2, 0.25) is 0 Å². The van der Waals surface area contributed by atoms with Gasteiger partial charge in [0.2, 0.25) is 0 Å². The summed E-state index contributed by atoms with van der Waals surface area (Å²) in [5, 5.41) is 0. The third kappa shape index (κ3) is 10.5. The molecule has 0 amide bonds. The van der Waals surface area contributed by atoms with Crippen molar-refractivity contribution in [2.75, 3.05) is 41.7 Å². The van der Waals surface area contributed by atoms with Gasteiger partial charge in [-0.05, 0) is 110 Å². The second-order valence-electron chi connectivity index (χ2n) is 10.8. The Balaban J connectivity index is 1.14. The maximum atomic E-state index is 12.7. The van der Waals surface area contributed by atoms with Crippen molar-refractivity contribution in [1.29, 1.82) is 0 Å². The zero-order chi connectivity index (χ0) is 34.1. The molecule has 8 nitrogen and oxygen atoms in total. The molecule has 0 saturated heterocycles. The van der Waals surface area contributed by atoms with E-state index in [1.165, 1.54) is 12.2 Å². The molecule has 0 aliphatic carbocycles. The van der Waals surface area contributed by atoms with Crippen molar-refractivity contribution in [2.45, 2.75) is 25.7 Å². The van der Waals surface area contributed by atoms with Gasteiger partial charge in [-0.25, -0.2) is 0 Å². The van der Waals surface area contributed by atoms with E-state index in [9.17, 15) is 9.59 Å². The Morgan fingerprint density at radius 1 is 0.500 bits per heavy atom. The molecule has 0 heterocycles. The average molecular weight is 651 g/mol. The van der Waals surface area contributed by atoms with Crippen molar-refractivity contribution >= 4 is 23.7 Å². The van der Waals surface area contributed by atoms with E-state index in [1.54, 1.807) is 77.0 Å². The van der Waals surface area contributed by atoms with E-state index < -0.39 is 0 Å². The molecule has 0 bridgehead atoms. The van der Waals surface area contributed by atoms with Crippen molar-refractivity contribution < 1.29 is 38.0 Å². The minimum Gasteiger partial charge on any atom is -0.494 e. The van der Waals surface area contributed by atoms with Gasteiger partial charge in [-0.3, -0.25) is 9.59 Å². The lowest BCUT2D eigenvalue weighted by Gasteiger charge is -2.09. The van der Waals surface area contributed by atoms with Crippen LogP contribution < -0.4 is 28.4 Å². The van der Waals surface area contributed by atoms with E-state index in [0.717, 1.165) is 48.3 Å². The molecule has 0 fully saturated rings. The SMILES string of the molecule is COc1ccc(C(=O)/C=C/c2cccc(OCCCCCCOc3cccc(/C=C/C(=O)c4ccc(OC)c(OC)c4)c3)c2)cc1OC. The van der Waals surface area contributed by atoms with E-state index in [2.05, 4.69) is 0 Å². The van der Waals surface area contributed by atoms with Crippen LogP contribution in [-0.2, 0) is 0 Å². The summed E-state index contributed by atoms with van der Waals surface area (Å²) >= 11 is 0. The van der Waals surface area contributed by atoms with Crippen LogP contribution in [0.3, 0.4) is 0 Å². The molecule has 4 rings (SSSR count). The van der Waals surface area contributed by atoms with Gasteiger partial charge < -0.3 is 28.4 Å². The Morgan fingerprint density at radius 3 is 1.31 bits per heavy atom. The molecule has 0 saturated carbocycles. The number of unbranched alkanes of at least 4 members (excludes halogenated alkanes) is 3. The van der Waals surface area contributed by atoms with Crippen molar-refractivity contribution in [1.82, 2.24) is 0 Å². The molecule has 0 unspecified atom stereocenters. The molecule has 0 aromatic heterocycles. The second kappa shape index (κ2) is 18.6. The number of carbonyl (C=O) groups is 2. The first-order valence-corrected chi connectivity index (χ1v) is 15.8. The number of hydrogen-bond acceptors (Lipinski definition) is 8. The van der Waals surface area contributed by atoms with Gasteiger partial charge in [0, 0.05) is 11.1 Å². The lowest BCUT2D eigenvalue weighted by molar-refractivity contribution is 0.103. The predicted molar refractivity (Wildman–Crippen MR) is 188 cm³/mol. The van der Waals surface area contributed by atoms with Crippen molar-refractivity contribution in [2.24, 2.45) is 0 Å².